The molecule has 0 bridgehead atoms. The third-order valence-corrected chi connectivity index (χ3v) is 4.43. The molecule has 2 atom stereocenters. The highest BCUT2D eigenvalue weighted by molar-refractivity contribution is 5.80. The number of carbonyl (C=O) groups excluding carboxylic acids is 1. The fourth-order valence-corrected chi connectivity index (χ4v) is 2.77. The average molecular weight is 386 g/mol. The fraction of sp³-hybridized carbons (Fsp3) is 0.435. The van der Waals surface area contributed by atoms with E-state index in [2.05, 4.69) is 20.8 Å². The van der Waals surface area contributed by atoms with E-state index in [-0.39, 0.29) is 24.5 Å². The molecule has 0 aromatic heterocycles. The minimum atomic E-state index is -0.792. The molecular formula is C23H31NO4. The lowest BCUT2D eigenvalue weighted by atomic mass is 9.87. The van der Waals surface area contributed by atoms with Gasteiger partial charge < -0.3 is 19.5 Å². The van der Waals surface area contributed by atoms with Crippen molar-refractivity contribution in [1.29, 1.82) is 0 Å². The number of hydrogen-bond donors (Lipinski definition) is 1. The third-order valence-electron chi connectivity index (χ3n) is 4.43. The lowest BCUT2D eigenvalue weighted by molar-refractivity contribution is -0.138. The van der Waals surface area contributed by atoms with Crippen LogP contribution in [0.2, 0.25) is 0 Å². The van der Waals surface area contributed by atoms with E-state index in [0.717, 1.165) is 0 Å². The zero-order valence-electron chi connectivity index (χ0n) is 17.4. The summed E-state index contributed by atoms with van der Waals surface area (Å²) in [5.41, 5.74) is 1.30. The highest BCUT2D eigenvalue weighted by atomic mass is 16.5. The number of aliphatic hydroxyl groups is 1. The number of nitrogens with zero attached hydrogens (tertiary/aromatic N) is 1. The lowest BCUT2D eigenvalue weighted by Crippen LogP contribution is -2.43. The molecule has 5 nitrogen and oxygen atoms in total. The van der Waals surface area contributed by atoms with Gasteiger partial charge in [0.25, 0.3) is 5.91 Å². The summed E-state index contributed by atoms with van der Waals surface area (Å²) in [5.74, 6) is 1.14. The molecule has 152 valence electrons. The maximum atomic E-state index is 12.4. The molecule has 2 aromatic carbocycles. The van der Waals surface area contributed by atoms with Crippen molar-refractivity contribution in [3.8, 4) is 11.5 Å². The Morgan fingerprint density at radius 3 is 2.21 bits per heavy atom. The molecule has 1 N–H and O–H groups in total. The van der Waals surface area contributed by atoms with Crippen LogP contribution in [0.3, 0.4) is 0 Å². The predicted octanol–water partition coefficient (Wildman–Crippen LogP) is 3.65. The summed E-state index contributed by atoms with van der Waals surface area (Å²) < 4.78 is 11.3. The second-order valence-corrected chi connectivity index (χ2v) is 8.03. The Hall–Kier alpha value is -2.53. The maximum Gasteiger partial charge on any atom is 0.263 e. The summed E-state index contributed by atoms with van der Waals surface area (Å²) in [5, 5.41) is 10.2. The average Bonchev–Trinajstić information content (AvgIpc) is 2.66. The summed E-state index contributed by atoms with van der Waals surface area (Å²) >= 11 is 0. The first-order valence-corrected chi connectivity index (χ1v) is 9.55. The van der Waals surface area contributed by atoms with E-state index in [9.17, 15) is 9.90 Å². The minimum absolute atomic E-state index is 0.0830. The van der Waals surface area contributed by atoms with Gasteiger partial charge in [-0.1, -0.05) is 51.1 Å². The van der Waals surface area contributed by atoms with Crippen LogP contribution < -0.4 is 9.47 Å². The standard InChI is InChI=1S/C23H31NO4/c1-17(28-21-9-7-6-8-10-21)22(26)24(5)15-19(25)16-27-20-13-11-18(12-14-20)23(2,3)4/h6-14,17,19,25H,15-16H2,1-5H3/t17-,19-/m0/s1. The van der Waals surface area contributed by atoms with Gasteiger partial charge in [-0.3, -0.25) is 4.79 Å². The number of aliphatic hydroxyl groups excluding tert-OH is 1. The first kappa shape index (κ1) is 21.8. The number of carbonyl (C=O) groups is 1. The molecule has 1 amide bonds. The molecule has 0 aliphatic carbocycles. The summed E-state index contributed by atoms with van der Waals surface area (Å²) in [6.07, 6.45) is -1.43. The van der Waals surface area contributed by atoms with E-state index in [1.165, 1.54) is 10.5 Å². The molecule has 0 fully saturated rings. The van der Waals surface area contributed by atoms with Crippen LogP contribution in [-0.4, -0.2) is 48.3 Å². The van der Waals surface area contributed by atoms with Gasteiger partial charge in [0.1, 0.15) is 24.2 Å². The molecule has 2 rings (SSSR count). The molecule has 0 spiro atoms. The highest BCUT2D eigenvalue weighted by Crippen LogP contribution is 2.24. The largest absolute Gasteiger partial charge is 0.491 e. The number of likely N-dealkylation sites (N-methyl/N-ethyl adjacent to an activating group) is 1. The van der Waals surface area contributed by atoms with Gasteiger partial charge in [0.15, 0.2) is 6.10 Å². The molecule has 0 unspecified atom stereocenters. The van der Waals surface area contributed by atoms with Gasteiger partial charge in [-0.2, -0.15) is 0 Å². The Morgan fingerprint density at radius 2 is 1.64 bits per heavy atom. The zero-order valence-corrected chi connectivity index (χ0v) is 17.4. The van der Waals surface area contributed by atoms with Crippen molar-refractivity contribution in [2.75, 3.05) is 20.2 Å². The zero-order chi connectivity index (χ0) is 20.7. The molecule has 0 saturated heterocycles. The topological polar surface area (TPSA) is 59.0 Å². The van der Waals surface area contributed by atoms with Crippen molar-refractivity contribution in [1.82, 2.24) is 4.90 Å². The second-order valence-electron chi connectivity index (χ2n) is 8.03. The van der Waals surface area contributed by atoms with Gasteiger partial charge in [0.2, 0.25) is 0 Å². The van der Waals surface area contributed by atoms with Crippen LogP contribution in [0.25, 0.3) is 0 Å². The van der Waals surface area contributed by atoms with Gasteiger partial charge in [0, 0.05) is 13.6 Å². The quantitative estimate of drug-likeness (QED) is 0.754. The van der Waals surface area contributed by atoms with Crippen LogP contribution in [0.1, 0.15) is 33.3 Å². The van der Waals surface area contributed by atoms with Crippen LogP contribution in [0.4, 0.5) is 0 Å². The first-order chi connectivity index (χ1) is 13.2. The molecule has 0 saturated carbocycles. The molecule has 0 aliphatic heterocycles. The van der Waals surface area contributed by atoms with Crippen molar-refractivity contribution in [2.24, 2.45) is 0 Å². The Balaban J connectivity index is 1.79. The Labute approximate surface area is 167 Å². The van der Waals surface area contributed by atoms with Crippen molar-refractivity contribution >= 4 is 5.91 Å². The molecule has 0 aliphatic rings. The van der Waals surface area contributed by atoms with Gasteiger partial charge in [0.05, 0.1) is 0 Å². The minimum Gasteiger partial charge on any atom is -0.491 e. The van der Waals surface area contributed by atoms with Crippen LogP contribution in [0.5, 0.6) is 11.5 Å². The Morgan fingerprint density at radius 1 is 1.04 bits per heavy atom. The molecule has 5 heteroatoms. The van der Waals surface area contributed by atoms with Crippen LogP contribution in [-0.2, 0) is 10.2 Å². The van der Waals surface area contributed by atoms with Crippen molar-refractivity contribution in [2.45, 2.75) is 45.3 Å². The highest BCUT2D eigenvalue weighted by Gasteiger charge is 2.21. The number of hydrogen-bond acceptors (Lipinski definition) is 4. The van der Waals surface area contributed by atoms with E-state index < -0.39 is 12.2 Å². The lowest BCUT2D eigenvalue weighted by Gasteiger charge is -2.24. The van der Waals surface area contributed by atoms with Gasteiger partial charge in [-0.15, -0.1) is 0 Å². The molecular weight excluding hydrogens is 354 g/mol. The SMILES string of the molecule is C[C@H](Oc1ccccc1)C(=O)N(C)C[C@H](O)COc1ccc(C(C)(C)C)cc1. The summed E-state index contributed by atoms with van der Waals surface area (Å²) in [6, 6.07) is 17.1. The van der Waals surface area contributed by atoms with Crippen molar-refractivity contribution in [3.63, 3.8) is 0 Å². The van der Waals surface area contributed by atoms with Crippen molar-refractivity contribution < 1.29 is 19.4 Å². The van der Waals surface area contributed by atoms with E-state index in [4.69, 9.17) is 9.47 Å². The number of benzene rings is 2. The van der Waals surface area contributed by atoms with Crippen molar-refractivity contribution in [3.05, 3.63) is 60.2 Å². The summed E-state index contributed by atoms with van der Waals surface area (Å²) in [7, 11) is 1.65. The molecule has 0 heterocycles. The van der Waals surface area contributed by atoms with Gasteiger partial charge in [-0.05, 0) is 42.2 Å². The number of amides is 1. The number of ether oxygens (including phenoxy) is 2. The molecule has 0 radical (unpaired) electrons. The fourth-order valence-electron chi connectivity index (χ4n) is 2.77. The predicted molar refractivity (Wildman–Crippen MR) is 111 cm³/mol. The molecule has 2 aromatic rings. The Bertz CT molecular complexity index is 737. The van der Waals surface area contributed by atoms with Gasteiger partial charge in [-0.25, -0.2) is 0 Å². The van der Waals surface area contributed by atoms with E-state index in [0.29, 0.717) is 11.5 Å². The second kappa shape index (κ2) is 9.60. The van der Waals surface area contributed by atoms with Crippen LogP contribution >= 0.6 is 0 Å². The van der Waals surface area contributed by atoms with E-state index in [1.807, 2.05) is 42.5 Å². The third kappa shape index (κ3) is 6.57. The normalized spacial score (nSPS) is 13.5. The maximum absolute atomic E-state index is 12.4. The first-order valence-electron chi connectivity index (χ1n) is 9.55. The Kier molecular flexibility index (Phi) is 7.46. The monoisotopic (exact) mass is 385 g/mol. The van der Waals surface area contributed by atoms with Gasteiger partial charge >= 0.3 is 0 Å². The van der Waals surface area contributed by atoms with Crippen LogP contribution in [0.15, 0.2) is 54.6 Å². The summed E-state index contributed by atoms with van der Waals surface area (Å²) in [4.78, 5) is 13.9. The molecule has 28 heavy (non-hydrogen) atoms. The van der Waals surface area contributed by atoms with Crippen LogP contribution in [0, 0.1) is 0 Å². The number of rotatable bonds is 8. The smallest absolute Gasteiger partial charge is 0.263 e. The van der Waals surface area contributed by atoms with E-state index >= 15 is 0 Å². The van der Waals surface area contributed by atoms with E-state index in [1.54, 1.807) is 26.1 Å². The summed E-state index contributed by atoms with van der Waals surface area (Å²) in [6.45, 7) is 8.44. The number of para-hydroxylation sites is 1.